The van der Waals surface area contributed by atoms with Crippen molar-refractivity contribution in [3.05, 3.63) is 29.3 Å². The SMILES string of the molecule is O=CNc1ccc2c(c1)C(=O)N(C1CCCCC1)C2=O. The second kappa shape index (κ2) is 5.07. The van der Waals surface area contributed by atoms with Gasteiger partial charge in [-0.05, 0) is 31.0 Å². The van der Waals surface area contributed by atoms with Gasteiger partial charge in [0.2, 0.25) is 6.41 Å². The molecule has 0 atom stereocenters. The zero-order valence-electron chi connectivity index (χ0n) is 11.1. The molecule has 3 rings (SSSR count). The van der Waals surface area contributed by atoms with E-state index in [0.29, 0.717) is 23.2 Å². The normalized spacial score (nSPS) is 19.1. The molecule has 5 nitrogen and oxygen atoms in total. The molecule has 1 aliphatic heterocycles. The fourth-order valence-corrected chi connectivity index (χ4v) is 3.09. The van der Waals surface area contributed by atoms with Crippen LogP contribution in [0.4, 0.5) is 5.69 Å². The van der Waals surface area contributed by atoms with Crippen LogP contribution < -0.4 is 5.32 Å². The smallest absolute Gasteiger partial charge is 0.261 e. The molecule has 1 fully saturated rings. The highest BCUT2D eigenvalue weighted by atomic mass is 16.2. The lowest BCUT2D eigenvalue weighted by molar-refractivity contribution is -0.105. The van der Waals surface area contributed by atoms with E-state index in [1.807, 2.05) is 0 Å². The quantitative estimate of drug-likeness (QED) is 0.677. The molecule has 5 heteroatoms. The Morgan fingerprint density at radius 2 is 1.75 bits per heavy atom. The summed E-state index contributed by atoms with van der Waals surface area (Å²) in [5.41, 5.74) is 1.37. The lowest BCUT2D eigenvalue weighted by Gasteiger charge is -2.29. The van der Waals surface area contributed by atoms with Gasteiger partial charge < -0.3 is 5.32 Å². The average molecular weight is 272 g/mol. The van der Waals surface area contributed by atoms with E-state index in [1.165, 1.54) is 11.3 Å². The van der Waals surface area contributed by atoms with Gasteiger partial charge in [-0.2, -0.15) is 0 Å². The first-order valence-corrected chi connectivity index (χ1v) is 6.94. The van der Waals surface area contributed by atoms with Crippen molar-refractivity contribution in [3.63, 3.8) is 0 Å². The van der Waals surface area contributed by atoms with Crippen LogP contribution in [0.1, 0.15) is 52.8 Å². The summed E-state index contributed by atoms with van der Waals surface area (Å²) in [7, 11) is 0. The number of anilines is 1. The van der Waals surface area contributed by atoms with E-state index < -0.39 is 0 Å². The minimum absolute atomic E-state index is 0.0265. The summed E-state index contributed by atoms with van der Waals surface area (Å²) in [4.78, 5) is 36.7. The number of carbonyl (C=O) groups is 3. The summed E-state index contributed by atoms with van der Waals surface area (Å²) >= 11 is 0. The fourth-order valence-electron chi connectivity index (χ4n) is 3.09. The molecular formula is C15H16N2O3. The Kier molecular flexibility index (Phi) is 3.26. The molecule has 1 saturated carbocycles. The van der Waals surface area contributed by atoms with Gasteiger partial charge in [-0.15, -0.1) is 0 Å². The predicted octanol–water partition coefficient (Wildman–Crippen LogP) is 2.18. The third-order valence-electron chi connectivity index (χ3n) is 4.08. The lowest BCUT2D eigenvalue weighted by Crippen LogP contribution is -2.40. The van der Waals surface area contributed by atoms with Crippen molar-refractivity contribution in [2.45, 2.75) is 38.1 Å². The van der Waals surface area contributed by atoms with Gasteiger partial charge in [0, 0.05) is 11.7 Å². The number of imide groups is 1. The molecule has 1 N–H and O–H groups in total. The number of hydrogen-bond acceptors (Lipinski definition) is 3. The molecule has 0 saturated heterocycles. The third kappa shape index (κ3) is 1.99. The topological polar surface area (TPSA) is 66.5 Å². The van der Waals surface area contributed by atoms with Gasteiger partial charge in [0.05, 0.1) is 11.1 Å². The Bertz CT molecular complexity index is 576. The molecule has 1 aromatic carbocycles. The van der Waals surface area contributed by atoms with Gasteiger partial charge in [-0.1, -0.05) is 19.3 Å². The van der Waals surface area contributed by atoms with Gasteiger partial charge in [-0.25, -0.2) is 0 Å². The Balaban J connectivity index is 1.92. The van der Waals surface area contributed by atoms with Crippen LogP contribution in [0.15, 0.2) is 18.2 Å². The van der Waals surface area contributed by atoms with E-state index >= 15 is 0 Å². The van der Waals surface area contributed by atoms with Crippen LogP contribution >= 0.6 is 0 Å². The first-order chi connectivity index (χ1) is 9.72. The molecule has 1 aromatic rings. The largest absolute Gasteiger partial charge is 0.329 e. The first kappa shape index (κ1) is 12.8. The minimum Gasteiger partial charge on any atom is -0.329 e. The minimum atomic E-state index is -0.230. The number of nitrogens with zero attached hydrogens (tertiary/aromatic N) is 1. The molecule has 0 spiro atoms. The highest BCUT2D eigenvalue weighted by Gasteiger charge is 2.40. The van der Waals surface area contributed by atoms with Crippen LogP contribution in [-0.4, -0.2) is 29.2 Å². The molecule has 1 heterocycles. The molecule has 1 aliphatic carbocycles. The summed E-state index contributed by atoms with van der Waals surface area (Å²) in [5.74, 6) is -0.430. The summed E-state index contributed by atoms with van der Waals surface area (Å²) in [6.45, 7) is 0. The van der Waals surface area contributed by atoms with E-state index in [1.54, 1.807) is 18.2 Å². The summed E-state index contributed by atoms with van der Waals surface area (Å²) in [6, 6.07) is 4.86. The van der Waals surface area contributed by atoms with Crippen molar-refractivity contribution >= 4 is 23.9 Å². The maximum atomic E-state index is 12.5. The van der Waals surface area contributed by atoms with Crippen LogP contribution in [0.25, 0.3) is 0 Å². The van der Waals surface area contributed by atoms with Crippen molar-refractivity contribution in [2.75, 3.05) is 5.32 Å². The number of carbonyl (C=O) groups excluding carboxylic acids is 3. The monoisotopic (exact) mass is 272 g/mol. The van der Waals surface area contributed by atoms with Gasteiger partial charge in [0.1, 0.15) is 0 Å². The molecule has 2 aliphatic rings. The van der Waals surface area contributed by atoms with Gasteiger partial charge in [-0.3, -0.25) is 19.3 Å². The maximum Gasteiger partial charge on any atom is 0.261 e. The van der Waals surface area contributed by atoms with Gasteiger partial charge >= 0.3 is 0 Å². The van der Waals surface area contributed by atoms with Crippen LogP contribution in [0, 0.1) is 0 Å². The number of nitrogens with one attached hydrogen (secondary N) is 1. The average Bonchev–Trinajstić information content (AvgIpc) is 2.72. The van der Waals surface area contributed by atoms with Crippen molar-refractivity contribution in [2.24, 2.45) is 0 Å². The van der Waals surface area contributed by atoms with Gasteiger partial charge in [0.15, 0.2) is 0 Å². The van der Waals surface area contributed by atoms with E-state index in [9.17, 15) is 14.4 Å². The predicted molar refractivity (Wildman–Crippen MR) is 73.5 cm³/mol. The van der Waals surface area contributed by atoms with Crippen molar-refractivity contribution < 1.29 is 14.4 Å². The number of fused-ring (bicyclic) bond motifs is 1. The highest BCUT2D eigenvalue weighted by Crippen LogP contribution is 2.32. The Morgan fingerprint density at radius 1 is 1.05 bits per heavy atom. The first-order valence-electron chi connectivity index (χ1n) is 6.94. The molecule has 0 aromatic heterocycles. The number of rotatable bonds is 3. The van der Waals surface area contributed by atoms with Crippen LogP contribution in [0.5, 0.6) is 0 Å². The van der Waals surface area contributed by atoms with Crippen molar-refractivity contribution in [1.82, 2.24) is 4.90 Å². The number of hydrogen-bond donors (Lipinski definition) is 1. The van der Waals surface area contributed by atoms with Gasteiger partial charge in [0.25, 0.3) is 11.8 Å². The van der Waals surface area contributed by atoms with Crippen molar-refractivity contribution in [1.29, 1.82) is 0 Å². The Labute approximate surface area is 116 Å². The molecule has 3 amide bonds. The van der Waals surface area contributed by atoms with Crippen LogP contribution in [-0.2, 0) is 4.79 Å². The zero-order valence-corrected chi connectivity index (χ0v) is 11.1. The molecule has 0 unspecified atom stereocenters. The molecule has 104 valence electrons. The fraction of sp³-hybridized carbons (Fsp3) is 0.400. The molecule has 20 heavy (non-hydrogen) atoms. The standard InChI is InChI=1S/C15H16N2O3/c18-9-16-10-6-7-12-13(8-10)15(20)17(14(12)19)11-4-2-1-3-5-11/h6-9,11H,1-5H2,(H,16,18). The van der Waals surface area contributed by atoms with E-state index in [4.69, 9.17) is 0 Å². The second-order valence-electron chi connectivity index (χ2n) is 5.29. The summed E-state index contributed by atoms with van der Waals surface area (Å²) in [6.07, 6.45) is 5.65. The van der Waals surface area contributed by atoms with E-state index in [-0.39, 0.29) is 17.9 Å². The second-order valence-corrected chi connectivity index (χ2v) is 5.29. The lowest BCUT2D eigenvalue weighted by atomic mass is 9.94. The van der Waals surface area contributed by atoms with Crippen LogP contribution in [0.3, 0.4) is 0 Å². The van der Waals surface area contributed by atoms with E-state index in [0.717, 1.165) is 25.7 Å². The Hall–Kier alpha value is -2.17. The zero-order chi connectivity index (χ0) is 14.1. The molecule has 0 radical (unpaired) electrons. The van der Waals surface area contributed by atoms with E-state index in [2.05, 4.69) is 5.32 Å². The summed E-state index contributed by atoms with van der Waals surface area (Å²) in [5, 5.41) is 2.50. The Morgan fingerprint density at radius 3 is 2.45 bits per heavy atom. The summed E-state index contributed by atoms with van der Waals surface area (Å²) < 4.78 is 0. The maximum absolute atomic E-state index is 12.5. The molecule has 0 bridgehead atoms. The number of benzene rings is 1. The number of amides is 3. The third-order valence-corrected chi connectivity index (χ3v) is 4.08. The van der Waals surface area contributed by atoms with Crippen molar-refractivity contribution in [3.8, 4) is 0 Å². The van der Waals surface area contributed by atoms with Crippen LogP contribution in [0.2, 0.25) is 0 Å². The highest BCUT2D eigenvalue weighted by molar-refractivity contribution is 6.22. The molecular weight excluding hydrogens is 256 g/mol.